The lowest BCUT2D eigenvalue weighted by atomic mass is 9.92. The molecule has 1 atom stereocenters. The van der Waals surface area contributed by atoms with E-state index in [0.29, 0.717) is 11.5 Å². The van der Waals surface area contributed by atoms with Gasteiger partial charge in [-0.2, -0.15) is 0 Å². The van der Waals surface area contributed by atoms with Crippen molar-refractivity contribution in [1.29, 1.82) is 0 Å². The molecule has 0 amide bonds. The Morgan fingerprint density at radius 3 is 2.93 bits per heavy atom. The first-order valence-corrected chi connectivity index (χ1v) is 5.54. The summed E-state index contributed by atoms with van der Waals surface area (Å²) < 4.78 is 1.99. The van der Waals surface area contributed by atoms with Gasteiger partial charge in [0.05, 0.1) is 12.6 Å². The van der Waals surface area contributed by atoms with E-state index in [1.807, 2.05) is 11.7 Å². The van der Waals surface area contributed by atoms with E-state index in [1.54, 1.807) is 0 Å². The average Bonchev–Trinajstić information content (AvgIpc) is 2.72. The summed E-state index contributed by atoms with van der Waals surface area (Å²) in [7, 11) is 1.91. The van der Waals surface area contributed by atoms with Gasteiger partial charge in [-0.05, 0) is 42.2 Å². The van der Waals surface area contributed by atoms with Crippen LogP contribution in [0.25, 0.3) is 0 Å². The number of hydrogen-bond donors (Lipinski definition) is 1. The minimum absolute atomic E-state index is 0.438. The molecule has 1 aromatic rings. The van der Waals surface area contributed by atoms with Crippen molar-refractivity contribution in [3.8, 4) is 0 Å². The Kier molecular flexibility index (Phi) is 2.73. The summed E-state index contributed by atoms with van der Waals surface area (Å²) in [5.74, 6) is 0.945. The van der Waals surface area contributed by atoms with Crippen LogP contribution in [0, 0.1) is 5.41 Å². The Labute approximate surface area is 90.2 Å². The van der Waals surface area contributed by atoms with Crippen molar-refractivity contribution in [3.63, 3.8) is 0 Å². The van der Waals surface area contributed by atoms with Crippen molar-refractivity contribution in [3.05, 3.63) is 5.82 Å². The van der Waals surface area contributed by atoms with E-state index in [2.05, 4.69) is 34.7 Å². The number of tetrazole rings is 1. The number of nitrogens with one attached hydrogen (secondary N) is 1. The summed E-state index contributed by atoms with van der Waals surface area (Å²) in [6, 6.07) is 0.485. The molecule has 1 fully saturated rings. The van der Waals surface area contributed by atoms with Crippen LogP contribution in [0.5, 0.6) is 0 Å². The Morgan fingerprint density at radius 1 is 1.53 bits per heavy atom. The molecule has 1 saturated carbocycles. The lowest BCUT2D eigenvalue weighted by Gasteiger charge is -2.17. The van der Waals surface area contributed by atoms with Crippen LogP contribution >= 0.6 is 0 Å². The van der Waals surface area contributed by atoms with E-state index in [9.17, 15) is 0 Å². The van der Waals surface area contributed by atoms with Crippen molar-refractivity contribution in [2.75, 3.05) is 7.05 Å². The molecule has 0 saturated heterocycles. The molecular formula is C10H19N5. The first-order chi connectivity index (χ1) is 7.12. The van der Waals surface area contributed by atoms with Crippen LogP contribution in [0.15, 0.2) is 0 Å². The molecule has 1 aromatic heterocycles. The van der Waals surface area contributed by atoms with E-state index in [1.165, 1.54) is 19.3 Å². The third kappa shape index (κ3) is 2.17. The van der Waals surface area contributed by atoms with Crippen LogP contribution < -0.4 is 5.32 Å². The Morgan fingerprint density at radius 2 is 2.33 bits per heavy atom. The van der Waals surface area contributed by atoms with Crippen LogP contribution in [-0.4, -0.2) is 27.3 Å². The topological polar surface area (TPSA) is 55.6 Å². The highest BCUT2D eigenvalue weighted by atomic mass is 15.6. The van der Waals surface area contributed by atoms with Gasteiger partial charge in [-0.25, -0.2) is 4.68 Å². The highest BCUT2D eigenvalue weighted by Gasteiger charge is 2.33. The van der Waals surface area contributed by atoms with Gasteiger partial charge >= 0.3 is 0 Å². The molecule has 2 rings (SSSR count). The molecule has 1 aliphatic carbocycles. The van der Waals surface area contributed by atoms with Gasteiger partial charge in [0.1, 0.15) is 0 Å². The van der Waals surface area contributed by atoms with Crippen molar-refractivity contribution < 1.29 is 0 Å². The SMILES string of the molecule is CNCc1nnnn1C1CCC(C)(C)C1. The van der Waals surface area contributed by atoms with E-state index < -0.39 is 0 Å². The largest absolute Gasteiger partial charge is 0.313 e. The number of nitrogens with zero attached hydrogens (tertiary/aromatic N) is 4. The zero-order chi connectivity index (χ0) is 10.9. The standard InChI is InChI=1S/C10H19N5/c1-10(2)5-4-8(6-10)15-9(7-11-3)12-13-14-15/h8,11H,4-7H2,1-3H3. The molecular weight excluding hydrogens is 190 g/mol. The Balaban J connectivity index is 2.13. The van der Waals surface area contributed by atoms with Crippen LogP contribution in [0.2, 0.25) is 0 Å². The molecule has 5 heteroatoms. The monoisotopic (exact) mass is 209 g/mol. The first-order valence-electron chi connectivity index (χ1n) is 5.54. The van der Waals surface area contributed by atoms with Crippen LogP contribution in [0.1, 0.15) is 45.0 Å². The predicted molar refractivity (Wildman–Crippen MR) is 57.2 cm³/mol. The summed E-state index contributed by atoms with van der Waals surface area (Å²) in [5.41, 5.74) is 0.438. The molecule has 0 aromatic carbocycles. The van der Waals surface area contributed by atoms with Gasteiger partial charge in [-0.1, -0.05) is 13.8 Å². The molecule has 15 heavy (non-hydrogen) atoms. The highest BCUT2D eigenvalue weighted by molar-refractivity contribution is 4.90. The van der Waals surface area contributed by atoms with E-state index >= 15 is 0 Å². The van der Waals surface area contributed by atoms with Gasteiger partial charge in [-0.3, -0.25) is 0 Å². The molecule has 1 N–H and O–H groups in total. The molecule has 1 unspecified atom stereocenters. The number of hydrogen-bond acceptors (Lipinski definition) is 4. The first kappa shape index (κ1) is 10.5. The summed E-state index contributed by atoms with van der Waals surface area (Å²) in [4.78, 5) is 0. The fourth-order valence-electron chi connectivity index (χ4n) is 2.38. The zero-order valence-corrected chi connectivity index (χ0v) is 9.69. The predicted octanol–water partition coefficient (Wildman–Crippen LogP) is 1.14. The van der Waals surface area contributed by atoms with Crippen molar-refractivity contribution in [2.45, 2.75) is 45.7 Å². The normalized spacial score (nSPS) is 24.6. The van der Waals surface area contributed by atoms with E-state index in [0.717, 1.165) is 12.4 Å². The minimum atomic E-state index is 0.438. The van der Waals surface area contributed by atoms with Gasteiger partial charge in [0.15, 0.2) is 5.82 Å². The van der Waals surface area contributed by atoms with Crippen molar-refractivity contribution in [2.24, 2.45) is 5.41 Å². The van der Waals surface area contributed by atoms with Gasteiger partial charge in [-0.15, -0.1) is 5.10 Å². The molecule has 0 bridgehead atoms. The maximum atomic E-state index is 4.10. The Bertz CT molecular complexity index is 330. The van der Waals surface area contributed by atoms with Crippen LogP contribution in [0.3, 0.4) is 0 Å². The van der Waals surface area contributed by atoms with Gasteiger partial charge in [0.25, 0.3) is 0 Å². The van der Waals surface area contributed by atoms with Gasteiger partial charge < -0.3 is 5.32 Å². The number of rotatable bonds is 3. The zero-order valence-electron chi connectivity index (χ0n) is 9.69. The minimum Gasteiger partial charge on any atom is -0.313 e. The molecule has 5 nitrogen and oxygen atoms in total. The van der Waals surface area contributed by atoms with E-state index in [4.69, 9.17) is 0 Å². The van der Waals surface area contributed by atoms with Gasteiger partial charge in [0, 0.05) is 0 Å². The summed E-state index contributed by atoms with van der Waals surface area (Å²) in [6.07, 6.45) is 3.63. The second kappa shape index (κ2) is 3.89. The molecule has 1 heterocycles. The highest BCUT2D eigenvalue weighted by Crippen LogP contribution is 2.43. The summed E-state index contributed by atoms with van der Waals surface area (Å²) in [6.45, 7) is 5.37. The second-order valence-electron chi connectivity index (χ2n) is 5.13. The quantitative estimate of drug-likeness (QED) is 0.811. The molecule has 0 aliphatic heterocycles. The average molecular weight is 209 g/mol. The second-order valence-corrected chi connectivity index (χ2v) is 5.13. The third-order valence-electron chi connectivity index (χ3n) is 3.18. The summed E-state index contributed by atoms with van der Waals surface area (Å²) >= 11 is 0. The maximum absolute atomic E-state index is 4.10. The summed E-state index contributed by atoms with van der Waals surface area (Å²) in [5, 5.41) is 15.0. The van der Waals surface area contributed by atoms with Crippen LogP contribution in [-0.2, 0) is 6.54 Å². The van der Waals surface area contributed by atoms with Crippen molar-refractivity contribution >= 4 is 0 Å². The molecule has 84 valence electrons. The lowest BCUT2D eigenvalue weighted by Crippen LogP contribution is -2.17. The number of aromatic nitrogens is 4. The fourth-order valence-corrected chi connectivity index (χ4v) is 2.38. The van der Waals surface area contributed by atoms with E-state index in [-0.39, 0.29) is 0 Å². The molecule has 1 aliphatic rings. The Hall–Kier alpha value is -0.970. The lowest BCUT2D eigenvalue weighted by molar-refractivity contribution is 0.343. The van der Waals surface area contributed by atoms with Gasteiger partial charge in [0.2, 0.25) is 0 Å². The third-order valence-corrected chi connectivity index (χ3v) is 3.18. The maximum Gasteiger partial charge on any atom is 0.165 e. The van der Waals surface area contributed by atoms with Crippen molar-refractivity contribution in [1.82, 2.24) is 25.5 Å². The molecule has 0 spiro atoms. The smallest absolute Gasteiger partial charge is 0.165 e. The van der Waals surface area contributed by atoms with Crippen LogP contribution in [0.4, 0.5) is 0 Å². The fraction of sp³-hybridized carbons (Fsp3) is 0.900. The molecule has 0 radical (unpaired) electrons.